The van der Waals surface area contributed by atoms with E-state index in [2.05, 4.69) is 0 Å². The van der Waals surface area contributed by atoms with E-state index in [1.54, 1.807) is 24.3 Å². The summed E-state index contributed by atoms with van der Waals surface area (Å²) in [5.74, 6) is -2.89. The van der Waals surface area contributed by atoms with Crippen molar-refractivity contribution in [1.82, 2.24) is 0 Å². The fourth-order valence-corrected chi connectivity index (χ4v) is 5.25. The molecule has 1 heterocycles. The molecule has 0 aromatic heterocycles. The summed E-state index contributed by atoms with van der Waals surface area (Å²) >= 11 is 0. The molecule has 35 heavy (non-hydrogen) atoms. The van der Waals surface area contributed by atoms with Crippen molar-refractivity contribution in [1.29, 1.82) is 0 Å². The lowest BCUT2D eigenvalue weighted by atomic mass is 9.97. The van der Waals surface area contributed by atoms with E-state index in [0.29, 0.717) is 17.9 Å². The van der Waals surface area contributed by atoms with Crippen LogP contribution in [0.4, 0.5) is 13.2 Å². The van der Waals surface area contributed by atoms with Gasteiger partial charge in [-0.1, -0.05) is 0 Å². The topological polar surface area (TPSA) is 126 Å². The average Bonchev–Trinajstić information content (AvgIpc) is 2.77. The van der Waals surface area contributed by atoms with E-state index in [0.717, 1.165) is 0 Å². The molecule has 8 nitrogen and oxygen atoms in total. The van der Waals surface area contributed by atoms with Crippen molar-refractivity contribution in [2.75, 3.05) is 6.16 Å². The number of ether oxygens (including phenoxy) is 3. The summed E-state index contributed by atoms with van der Waals surface area (Å²) in [5, 5.41) is 30.8. The van der Waals surface area contributed by atoms with Crippen LogP contribution < -0.4 is 9.47 Å². The van der Waals surface area contributed by atoms with E-state index in [1.165, 1.54) is 0 Å². The van der Waals surface area contributed by atoms with Crippen LogP contribution in [-0.4, -0.2) is 63.2 Å². The lowest BCUT2D eigenvalue weighted by molar-refractivity contribution is -0.272. The van der Waals surface area contributed by atoms with Crippen LogP contribution in [0.1, 0.15) is 25.8 Å². The maximum Gasteiger partial charge on any atom is 0.229 e. The standard InChI is InChI=1S/C23H28F3O8P/c1-12(2)32-14-3-5-15(6-4-14)33-23-22(29)21(28)20(27)19(34-23)7-8-35(30,31)11-16-17(25)9-13(24)10-18(16)26/h3-6,9-10,12,19-23,27-29H,7-8,11H2,1-2H3,(H,30,31)/t19-,20-,21+,22+,23?/m1/s1. The molecule has 4 N–H and O–H groups in total. The molecule has 0 saturated carbocycles. The Labute approximate surface area is 200 Å². The van der Waals surface area contributed by atoms with Gasteiger partial charge < -0.3 is 34.4 Å². The number of hydrogen-bond donors (Lipinski definition) is 4. The van der Waals surface area contributed by atoms with E-state index < -0.39 is 73.4 Å². The van der Waals surface area contributed by atoms with Gasteiger partial charge in [-0.25, -0.2) is 13.2 Å². The molecular formula is C23H28F3O8P. The highest BCUT2D eigenvalue weighted by molar-refractivity contribution is 7.57. The Bertz CT molecular complexity index is 1030. The van der Waals surface area contributed by atoms with Crippen LogP contribution in [0.25, 0.3) is 0 Å². The SMILES string of the molecule is CC(C)Oc1ccc(OC2O[C@H](CCP(=O)(O)Cc3c(F)cc(F)cc3F)[C@@H](O)[C@H](O)[C@@H]2O)cc1. The summed E-state index contributed by atoms with van der Waals surface area (Å²) in [6.45, 7) is 3.72. The summed E-state index contributed by atoms with van der Waals surface area (Å²) in [4.78, 5) is 10.2. The summed E-state index contributed by atoms with van der Waals surface area (Å²) in [6.07, 6.45) is -9.36. The molecule has 194 valence electrons. The first-order chi connectivity index (χ1) is 16.4. The molecule has 6 atom stereocenters. The molecular weight excluding hydrogens is 492 g/mol. The zero-order chi connectivity index (χ0) is 25.9. The summed E-state index contributed by atoms with van der Waals surface area (Å²) < 4.78 is 70.1. The van der Waals surface area contributed by atoms with Gasteiger partial charge in [0.2, 0.25) is 13.7 Å². The molecule has 1 saturated heterocycles. The highest BCUT2D eigenvalue weighted by atomic mass is 31.2. The predicted molar refractivity (Wildman–Crippen MR) is 119 cm³/mol. The van der Waals surface area contributed by atoms with Crippen LogP contribution in [0.2, 0.25) is 0 Å². The fourth-order valence-electron chi connectivity index (χ4n) is 3.63. The maximum atomic E-state index is 13.9. The minimum Gasteiger partial charge on any atom is -0.491 e. The van der Waals surface area contributed by atoms with Crippen molar-refractivity contribution in [2.24, 2.45) is 0 Å². The molecule has 0 bridgehead atoms. The number of rotatable bonds is 9. The Kier molecular flexibility index (Phi) is 8.85. The Morgan fingerprint density at radius 1 is 0.971 bits per heavy atom. The number of hydrogen-bond acceptors (Lipinski definition) is 7. The van der Waals surface area contributed by atoms with Crippen molar-refractivity contribution in [3.05, 3.63) is 59.4 Å². The first-order valence-corrected chi connectivity index (χ1v) is 13.0. The molecule has 12 heteroatoms. The molecule has 0 radical (unpaired) electrons. The fraction of sp³-hybridized carbons (Fsp3) is 0.478. The molecule has 3 rings (SSSR count). The van der Waals surface area contributed by atoms with Crippen LogP contribution in [0.5, 0.6) is 11.5 Å². The van der Waals surface area contributed by atoms with Crippen molar-refractivity contribution < 1.29 is 52.2 Å². The van der Waals surface area contributed by atoms with Crippen molar-refractivity contribution >= 4 is 7.37 Å². The molecule has 0 amide bonds. The number of aliphatic hydroxyl groups excluding tert-OH is 3. The largest absolute Gasteiger partial charge is 0.491 e. The lowest BCUT2D eigenvalue weighted by Crippen LogP contribution is -2.59. The molecule has 2 unspecified atom stereocenters. The summed E-state index contributed by atoms with van der Waals surface area (Å²) in [5.41, 5.74) is -0.732. The Balaban J connectivity index is 1.65. The predicted octanol–water partition coefficient (Wildman–Crippen LogP) is 2.94. The van der Waals surface area contributed by atoms with Gasteiger partial charge in [0.1, 0.15) is 47.3 Å². The van der Waals surface area contributed by atoms with Gasteiger partial charge in [-0.3, -0.25) is 4.57 Å². The Morgan fingerprint density at radius 3 is 2.11 bits per heavy atom. The summed E-state index contributed by atoms with van der Waals surface area (Å²) in [6, 6.07) is 7.18. The zero-order valence-electron chi connectivity index (χ0n) is 19.1. The van der Waals surface area contributed by atoms with Gasteiger partial charge in [0.15, 0.2) is 0 Å². The van der Waals surface area contributed by atoms with Gasteiger partial charge >= 0.3 is 0 Å². The smallest absolute Gasteiger partial charge is 0.229 e. The first kappa shape index (κ1) is 27.4. The van der Waals surface area contributed by atoms with Crippen LogP contribution in [0.15, 0.2) is 36.4 Å². The highest BCUT2D eigenvalue weighted by Gasteiger charge is 2.45. The second-order valence-corrected chi connectivity index (χ2v) is 11.1. The lowest BCUT2D eigenvalue weighted by Gasteiger charge is -2.40. The maximum absolute atomic E-state index is 13.9. The average molecular weight is 520 g/mol. The van der Waals surface area contributed by atoms with Crippen molar-refractivity contribution in [2.45, 2.75) is 63.2 Å². The molecule has 1 aliphatic heterocycles. The van der Waals surface area contributed by atoms with E-state index in [-0.39, 0.29) is 18.3 Å². The van der Waals surface area contributed by atoms with E-state index in [9.17, 15) is 37.9 Å². The molecule has 0 aliphatic carbocycles. The molecule has 2 aromatic rings. The van der Waals surface area contributed by atoms with E-state index in [1.807, 2.05) is 13.8 Å². The van der Waals surface area contributed by atoms with Crippen molar-refractivity contribution in [3.63, 3.8) is 0 Å². The number of benzene rings is 2. The third-order valence-corrected chi connectivity index (χ3v) is 7.16. The minimum absolute atomic E-state index is 0.0406. The normalized spacial score (nSPS) is 26.4. The second kappa shape index (κ2) is 11.3. The van der Waals surface area contributed by atoms with Gasteiger partial charge in [0, 0.05) is 23.9 Å². The Morgan fingerprint density at radius 2 is 1.54 bits per heavy atom. The first-order valence-electron chi connectivity index (χ1n) is 10.9. The highest BCUT2D eigenvalue weighted by Crippen LogP contribution is 2.47. The number of aliphatic hydroxyl groups is 3. The molecule has 0 spiro atoms. The second-order valence-electron chi connectivity index (χ2n) is 8.64. The van der Waals surface area contributed by atoms with Crippen molar-refractivity contribution in [3.8, 4) is 11.5 Å². The minimum atomic E-state index is -4.21. The van der Waals surface area contributed by atoms with Crippen LogP contribution in [0, 0.1) is 17.5 Å². The van der Waals surface area contributed by atoms with Gasteiger partial charge in [-0.2, -0.15) is 0 Å². The monoisotopic (exact) mass is 520 g/mol. The quantitative estimate of drug-likeness (QED) is 0.372. The summed E-state index contributed by atoms with van der Waals surface area (Å²) in [7, 11) is -4.21. The Hall–Kier alpha value is -2.14. The third-order valence-electron chi connectivity index (χ3n) is 5.39. The van der Waals surface area contributed by atoms with Gasteiger partial charge in [-0.05, 0) is 44.5 Å². The number of halogens is 3. The van der Waals surface area contributed by atoms with Gasteiger partial charge in [0.25, 0.3) is 0 Å². The third kappa shape index (κ3) is 7.19. The van der Waals surface area contributed by atoms with Crippen LogP contribution >= 0.6 is 7.37 Å². The molecule has 2 aromatic carbocycles. The molecule has 1 fully saturated rings. The molecule has 1 aliphatic rings. The van der Waals surface area contributed by atoms with Crippen LogP contribution in [0.3, 0.4) is 0 Å². The van der Waals surface area contributed by atoms with Crippen LogP contribution in [-0.2, 0) is 15.5 Å². The van der Waals surface area contributed by atoms with Gasteiger partial charge in [0.05, 0.1) is 18.4 Å². The van der Waals surface area contributed by atoms with Gasteiger partial charge in [-0.15, -0.1) is 0 Å². The zero-order valence-corrected chi connectivity index (χ0v) is 19.9. The van der Waals surface area contributed by atoms with E-state index in [4.69, 9.17) is 14.2 Å². The van der Waals surface area contributed by atoms with E-state index >= 15 is 0 Å².